The van der Waals surface area contributed by atoms with Crippen molar-refractivity contribution in [1.29, 1.82) is 0 Å². The molecule has 0 aliphatic heterocycles. The van der Waals surface area contributed by atoms with Crippen LogP contribution < -0.4 is 15.5 Å². The SMILES string of the molecule is CC(=O)Nc1cccc(C(=O)N/N=C/c2cc(Br)ccc2OC(C)C)c1. The molecule has 2 rings (SSSR count). The van der Waals surface area contributed by atoms with Crippen LogP contribution in [0, 0.1) is 0 Å². The molecule has 2 aromatic carbocycles. The van der Waals surface area contributed by atoms with Crippen molar-refractivity contribution in [2.45, 2.75) is 26.9 Å². The molecule has 0 saturated heterocycles. The lowest BCUT2D eigenvalue weighted by Gasteiger charge is -2.12. The molecule has 26 heavy (non-hydrogen) atoms. The van der Waals surface area contributed by atoms with Crippen molar-refractivity contribution in [2.24, 2.45) is 5.10 Å². The first kappa shape index (κ1) is 19.7. The Balaban J connectivity index is 2.10. The van der Waals surface area contributed by atoms with Crippen LogP contribution in [-0.2, 0) is 4.79 Å². The first-order valence-electron chi connectivity index (χ1n) is 8.02. The molecule has 0 saturated carbocycles. The van der Waals surface area contributed by atoms with Crippen LogP contribution in [0.25, 0.3) is 0 Å². The van der Waals surface area contributed by atoms with E-state index < -0.39 is 0 Å². The van der Waals surface area contributed by atoms with Crippen molar-refractivity contribution in [3.8, 4) is 5.75 Å². The first-order chi connectivity index (χ1) is 12.3. The molecule has 0 aliphatic rings. The smallest absolute Gasteiger partial charge is 0.271 e. The van der Waals surface area contributed by atoms with Gasteiger partial charge in [0.05, 0.1) is 12.3 Å². The number of nitrogens with zero attached hydrogens (tertiary/aromatic N) is 1. The minimum atomic E-state index is -0.380. The van der Waals surface area contributed by atoms with Crippen molar-refractivity contribution in [3.05, 3.63) is 58.1 Å². The second-order valence-corrected chi connectivity index (χ2v) is 6.73. The summed E-state index contributed by atoms with van der Waals surface area (Å²) in [7, 11) is 0. The molecule has 0 aliphatic carbocycles. The molecule has 0 bridgehead atoms. The van der Waals surface area contributed by atoms with Gasteiger partial charge in [0.15, 0.2) is 0 Å². The van der Waals surface area contributed by atoms with E-state index in [9.17, 15) is 9.59 Å². The Labute approximate surface area is 160 Å². The van der Waals surface area contributed by atoms with Crippen LogP contribution in [0.4, 0.5) is 5.69 Å². The molecular formula is C19H20BrN3O3. The quantitative estimate of drug-likeness (QED) is 0.551. The molecule has 2 N–H and O–H groups in total. The van der Waals surface area contributed by atoms with Crippen molar-refractivity contribution in [3.63, 3.8) is 0 Å². The van der Waals surface area contributed by atoms with Gasteiger partial charge in [-0.2, -0.15) is 5.10 Å². The molecule has 136 valence electrons. The minimum Gasteiger partial charge on any atom is -0.490 e. The van der Waals surface area contributed by atoms with Crippen molar-refractivity contribution >= 4 is 39.6 Å². The highest BCUT2D eigenvalue weighted by Gasteiger charge is 2.07. The standard InChI is InChI=1S/C19H20BrN3O3/c1-12(2)26-18-8-7-16(20)9-15(18)11-21-23-19(25)14-5-4-6-17(10-14)22-13(3)24/h4-12H,1-3H3,(H,22,24)(H,23,25)/b21-11+. The molecule has 7 heteroatoms. The topological polar surface area (TPSA) is 79.8 Å². The van der Waals surface area contributed by atoms with Gasteiger partial charge in [-0.15, -0.1) is 0 Å². The van der Waals surface area contributed by atoms with Gasteiger partial charge in [0, 0.05) is 28.2 Å². The number of hydrazone groups is 1. The third-order valence-electron chi connectivity index (χ3n) is 3.15. The van der Waals surface area contributed by atoms with E-state index in [2.05, 4.69) is 31.8 Å². The average molecular weight is 418 g/mol. The number of benzene rings is 2. The second kappa shape index (κ2) is 9.15. The molecular weight excluding hydrogens is 398 g/mol. The number of hydrogen-bond acceptors (Lipinski definition) is 4. The van der Waals surface area contributed by atoms with E-state index in [-0.39, 0.29) is 17.9 Å². The van der Waals surface area contributed by atoms with E-state index in [4.69, 9.17) is 4.74 Å². The Morgan fingerprint density at radius 1 is 1.19 bits per heavy atom. The van der Waals surface area contributed by atoms with Crippen LogP contribution in [-0.4, -0.2) is 24.1 Å². The second-order valence-electron chi connectivity index (χ2n) is 5.81. The van der Waals surface area contributed by atoms with Gasteiger partial charge in [0.2, 0.25) is 5.91 Å². The number of halogens is 1. The van der Waals surface area contributed by atoms with Gasteiger partial charge >= 0.3 is 0 Å². The fraction of sp³-hybridized carbons (Fsp3) is 0.211. The van der Waals surface area contributed by atoms with Gasteiger partial charge in [0.1, 0.15) is 5.75 Å². The maximum atomic E-state index is 12.2. The van der Waals surface area contributed by atoms with Crippen molar-refractivity contribution in [1.82, 2.24) is 5.43 Å². The van der Waals surface area contributed by atoms with Crippen LogP contribution in [0.5, 0.6) is 5.75 Å². The van der Waals surface area contributed by atoms with E-state index >= 15 is 0 Å². The molecule has 0 atom stereocenters. The maximum Gasteiger partial charge on any atom is 0.271 e. The fourth-order valence-electron chi connectivity index (χ4n) is 2.15. The minimum absolute atomic E-state index is 0.0226. The lowest BCUT2D eigenvalue weighted by atomic mass is 10.2. The van der Waals surface area contributed by atoms with E-state index in [1.54, 1.807) is 24.3 Å². The molecule has 2 amide bonds. The highest BCUT2D eigenvalue weighted by atomic mass is 79.9. The summed E-state index contributed by atoms with van der Waals surface area (Å²) in [5, 5.41) is 6.64. The van der Waals surface area contributed by atoms with Crippen LogP contribution in [0.1, 0.15) is 36.7 Å². The number of rotatable bonds is 6. The van der Waals surface area contributed by atoms with Crippen molar-refractivity contribution < 1.29 is 14.3 Å². The van der Waals surface area contributed by atoms with E-state index in [0.29, 0.717) is 17.0 Å². The van der Waals surface area contributed by atoms with Crippen LogP contribution in [0.3, 0.4) is 0 Å². The van der Waals surface area contributed by atoms with Gasteiger partial charge in [-0.3, -0.25) is 9.59 Å². The lowest BCUT2D eigenvalue weighted by Crippen LogP contribution is -2.18. The third kappa shape index (κ3) is 6.00. The molecule has 0 radical (unpaired) electrons. The maximum absolute atomic E-state index is 12.2. The largest absolute Gasteiger partial charge is 0.490 e. The summed E-state index contributed by atoms with van der Waals surface area (Å²) in [6.45, 7) is 5.28. The van der Waals surface area contributed by atoms with E-state index in [1.807, 2.05) is 32.0 Å². The highest BCUT2D eigenvalue weighted by molar-refractivity contribution is 9.10. The Morgan fingerprint density at radius 2 is 1.96 bits per heavy atom. The molecule has 0 heterocycles. The van der Waals surface area contributed by atoms with Gasteiger partial charge in [0.25, 0.3) is 5.91 Å². The number of carbonyl (C=O) groups excluding carboxylic acids is 2. The van der Waals surface area contributed by atoms with Gasteiger partial charge in [-0.25, -0.2) is 5.43 Å². The Morgan fingerprint density at radius 3 is 2.65 bits per heavy atom. The molecule has 0 spiro atoms. The summed E-state index contributed by atoms with van der Waals surface area (Å²) >= 11 is 3.41. The Hall–Kier alpha value is -2.67. The summed E-state index contributed by atoms with van der Waals surface area (Å²) in [4.78, 5) is 23.3. The Kier molecular flexibility index (Phi) is 6.91. The number of hydrogen-bond donors (Lipinski definition) is 2. The van der Waals surface area contributed by atoms with E-state index in [0.717, 1.165) is 10.0 Å². The predicted molar refractivity (Wildman–Crippen MR) is 106 cm³/mol. The third-order valence-corrected chi connectivity index (χ3v) is 3.64. The van der Waals surface area contributed by atoms with Gasteiger partial charge in [-0.1, -0.05) is 22.0 Å². The summed E-state index contributed by atoms with van der Waals surface area (Å²) < 4.78 is 6.61. The number of nitrogens with one attached hydrogen (secondary N) is 2. The van der Waals surface area contributed by atoms with Crippen LogP contribution in [0.2, 0.25) is 0 Å². The first-order valence-corrected chi connectivity index (χ1v) is 8.81. The average Bonchev–Trinajstić information content (AvgIpc) is 2.56. The molecule has 2 aromatic rings. The summed E-state index contributed by atoms with van der Waals surface area (Å²) in [5.74, 6) is 0.0940. The summed E-state index contributed by atoms with van der Waals surface area (Å²) in [6, 6.07) is 12.2. The zero-order valence-corrected chi connectivity index (χ0v) is 16.3. The molecule has 0 unspecified atom stereocenters. The molecule has 0 fully saturated rings. The normalized spacial score (nSPS) is 10.8. The lowest BCUT2D eigenvalue weighted by molar-refractivity contribution is -0.114. The predicted octanol–water partition coefficient (Wildman–Crippen LogP) is 3.96. The highest BCUT2D eigenvalue weighted by Crippen LogP contribution is 2.22. The summed E-state index contributed by atoms with van der Waals surface area (Å²) in [5.41, 5.74) is 4.15. The number of amides is 2. The number of ether oxygens (including phenoxy) is 1. The van der Waals surface area contributed by atoms with E-state index in [1.165, 1.54) is 13.1 Å². The number of anilines is 1. The van der Waals surface area contributed by atoms with Crippen LogP contribution >= 0.6 is 15.9 Å². The Bertz CT molecular complexity index is 835. The monoisotopic (exact) mass is 417 g/mol. The zero-order chi connectivity index (χ0) is 19.1. The number of carbonyl (C=O) groups is 2. The summed E-state index contributed by atoms with van der Waals surface area (Å²) in [6.07, 6.45) is 1.55. The van der Waals surface area contributed by atoms with Crippen molar-refractivity contribution in [2.75, 3.05) is 5.32 Å². The molecule has 0 aromatic heterocycles. The van der Waals surface area contributed by atoms with Crippen LogP contribution in [0.15, 0.2) is 52.0 Å². The molecule has 6 nitrogen and oxygen atoms in total. The zero-order valence-electron chi connectivity index (χ0n) is 14.7. The fourth-order valence-corrected chi connectivity index (χ4v) is 2.53. The van der Waals surface area contributed by atoms with Gasteiger partial charge < -0.3 is 10.1 Å². The van der Waals surface area contributed by atoms with Gasteiger partial charge in [-0.05, 0) is 50.2 Å².